The Hall–Kier alpha value is -2.47. The molecule has 2 aromatic heterocycles. The molecule has 0 spiro atoms. The lowest BCUT2D eigenvalue weighted by atomic mass is 9.98. The van der Waals surface area contributed by atoms with Crippen molar-refractivity contribution < 1.29 is 18.0 Å². The number of benzene rings is 1. The van der Waals surface area contributed by atoms with Gasteiger partial charge in [-0.05, 0) is 37.1 Å². The SMILES string of the molecule is CC(=O)NC1CCc2nc(C(=O)N3CCN(S(=O)(=O)c4cc5cc(Cl)ccc5[nH]4)CC3)sc2C1. The minimum atomic E-state index is -3.72. The molecule has 0 radical (unpaired) electrons. The molecule has 2 N–H and O–H groups in total. The number of rotatable bonds is 4. The van der Waals surface area contributed by atoms with E-state index < -0.39 is 10.0 Å². The van der Waals surface area contributed by atoms with Crippen LogP contribution in [0.2, 0.25) is 5.02 Å². The molecule has 1 saturated heterocycles. The quantitative estimate of drug-likeness (QED) is 0.547. The summed E-state index contributed by atoms with van der Waals surface area (Å²) in [5, 5.41) is 4.75. The lowest BCUT2D eigenvalue weighted by Crippen LogP contribution is -2.50. The van der Waals surface area contributed by atoms with E-state index in [0.29, 0.717) is 35.1 Å². The maximum absolute atomic E-state index is 13.1. The van der Waals surface area contributed by atoms with Crippen LogP contribution in [-0.2, 0) is 27.7 Å². The van der Waals surface area contributed by atoms with E-state index in [1.54, 1.807) is 29.2 Å². The number of carbonyl (C=O) groups excluding carboxylic acids is 2. The molecule has 2 aliphatic rings. The van der Waals surface area contributed by atoms with Gasteiger partial charge in [0, 0.05) is 66.4 Å². The van der Waals surface area contributed by atoms with Crippen LogP contribution < -0.4 is 5.32 Å². The van der Waals surface area contributed by atoms with Crippen molar-refractivity contribution >= 4 is 55.7 Å². The zero-order valence-electron chi connectivity index (χ0n) is 18.5. The summed E-state index contributed by atoms with van der Waals surface area (Å²) in [5.74, 6) is -0.230. The van der Waals surface area contributed by atoms with Crippen molar-refractivity contribution in [1.29, 1.82) is 0 Å². The van der Waals surface area contributed by atoms with E-state index in [2.05, 4.69) is 15.3 Å². The van der Waals surface area contributed by atoms with Gasteiger partial charge in [0.05, 0.1) is 5.69 Å². The topological polar surface area (TPSA) is 115 Å². The van der Waals surface area contributed by atoms with Crippen molar-refractivity contribution in [2.45, 2.75) is 37.3 Å². The van der Waals surface area contributed by atoms with Gasteiger partial charge in [-0.25, -0.2) is 13.4 Å². The Morgan fingerprint density at radius 3 is 2.71 bits per heavy atom. The number of carbonyl (C=O) groups is 2. The highest BCUT2D eigenvalue weighted by atomic mass is 35.5. The Kier molecular flexibility index (Phi) is 6.13. The van der Waals surface area contributed by atoms with Crippen LogP contribution in [0.4, 0.5) is 0 Å². The second-order valence-corrected chi connectivity index (χ2v) is 12.0. The number of aromatic nitrogens is 2. The number of aryl methyl sites for hydroxylation is 1. The maximum Gasteiger partial charge on any atom is 0.282 e. The van der Waals surface area contributed by atoms with Gasteiger partial charge in [-0.15, -0.1) is 11.3 Å². The Morgan fingerprint density at radius 2 is 1.97 bits per heavy atom. The molecule has 12 heteroatoms. The monoisotopic (exact) mass is 521 g/mol. The first-order valence-electron chi connectivity index (χ1n) is 11.0. The standard InChI is InChI=1S/C22H24ClN5O4S2/c1-13(29)24-16-3-5-18-19(12-16)33-21(26-18)22(30)27-6-8-28(9-7-27)34(31,32)20-11-14-10-15(23)2-4-17(14)25-20/h2,4,10-11,16,25H,3,5-9,12H2,1H3,(H,24,29). The molecule has 1 unspecified atom stereocenters. The van der Waals surface area contributed by atoms with Crippen LogP contribution in [0, 0.1) is 0 Å². The zero-order chi connectivity index (χ0) is 24.0. The van der Waals surface area contributed by atoms with E-state index in [1.165, 1.54) is 22.6 Å². The zero-order valence-corrected chi connectivity index (χ0v) is 20.9. The summed E-state index contributed by atoms with van der Waals surface area (Å²) >= 11 is 7.39. The number of sulfonamides is 1. The molecule has 0 saturated carbocycles. The minimum absolute atomic E-state index is 0.0571. The second kappa shape index (κ2) is 8.95. The van der Waals surface area contributed by atoms with Gasteiger partial charge < -0.3 is 15.2 Å². The molecule has 0 bridgehead atoms. The molecular formula is C22H24ClN5O4S2. The number of thiazole rings is 1. The lowest BCUT2D eigenvalue weighted by Gasteiger charge is -2.33. The average Bonchev–Trinajstić information content (AvgIpc) is 3.42. The summed E-state index contributed by atoms with van der Waals surface area (Å²) < 4.78 is 27.7. The van der Waals surface area contributed by atoms with Crippen LogP contribution in [-0.4, -0.2) is 71.6 Å². The number of nitrogens with zero attached hydrogens (tertiary/aromatic N) is 3. The van der Waals surface area contributed by atoms with E-state index in [1.807, 2.05) is 0 Å². The van der Waals surface area contributed by atoms with Gasteiger partial charge >= 0.3 is 0 Å². The molecule has 1 aromatic carbocycles. The van der Waals surface area contributed by atoms with Gasteiger partial charge in [-0.1, -0.05) is 11.6 Å². The van der Waals surface area contributed by atoms with Gasteiger partial charge in [0.15, 0.2) is 5.01 Å². The Bertz CT molecular complexity index is 1380. The fourth-order valence-corrected chi connectivity index (χ4v) is 7.27. The highest BCUT2D eigenvalue weighted by Crippen LogP contribution is 2.29. The Labute approximate surface area is 206 Å². The van der Waals surface area contributed by atoms with Crippen molar-refractivity contribution in [2.75, 3.05) is 26.2 Å². The summed E-state index contributed by atoms with van der Waals surface area (Å²) in [4.78, 5) is 34.6. The van der Waals surface area contributed by atoms with E-state index in [4.69, 9.17) is 11.6 Å². The van der Waals surface area contributed by atoms with Gasteiger partial charge in [0.1, 0.15) is 5.03 Å². The third kappa shape index (κ3) is 4.45. The predicted octanol–water partition coefficient (Wildman–Crippen LogP) is 2.42. The van der Waals surface area contributed by atoms with Crippen molar-refractivity contribution in [3.05, 3.63) is 44.9 Å². The van der Waals surface area contributed by atoms with Gasteiger partial charge in [-0.2, -0.15) is 4.31 Å². The van der Waals surface area contributed by atoms with Gasteiger partial charge in [0.2, 0.25) is 5.91 Å². The number of amides is 2. The van der Waals surface area contributed by atoms with Crippen LogP contribution in [0.15, 0.2) is 29.3 Å². The van der Waals surface area contributed by atoms with E-state index in [9.17, 15) is 18.0 Å². The summed E-state index contributed by atoms with van der Waals surface area (Å²) in [6, 6.07) is 6.83. The smallest absolute Gasteiger partial charge is 0.282 e. The average molecular weight is 522 g/mol. The normalized spacial score (nSPS) is 19.2. The van der Waals surface area contributed by atoms with Crippen LogP contribution in [0.5, 0.6) is 0 Å². The first-order chi connectivity index (χ1) is 16.2. The second-order valence-electron chi connectivity index (χ2n) is 8.59. The van der Waals surface area contributed by atoms with Crippen LogP contribution in [0.3, 0.4) is 0 Å². The summed E-state index contributed by atoms with van der Waals surface area (Å²) in [7, 11) is -3.72. The number of piperazine rings is 1. The maximum atomic E-state index is 13.1. The number of aromatic amines is 1. The molecule has 1 atom stereocenters. The highest BCUT2D eigenvalue weighted by molar-refractivity contribution is 7.89. The van der Waals surface area contributed by atoms with Gasteiger partial charge in [0.25, 0.3) is 15.9 Å². The predicted molar refractivity (Wildman–Crippen MR) is 130 cm³/mol. The molecule has 180 valence electrons. The van der Waals surface area contributed by atoms with E-state index in [0.717, 1.165) is 28.8 Å². The molecule has 3 aromatic rings. The van der Waals surface area contributed by atoms with E-state index in [-0.39, 0.29) is 36.0 Å². The van der Waals surface area contributed by atoms with Crippen LogP contribution in [0.25, 0.3) is 10.9 Å². The molecule has 1 aliphatic carbocycles. The molecule has 1 fully saturated rings. The Morgan fingerprint density at radius 1 is 1.21 bits per heavy atom. The molecule has 2 amide bonds. The summed E-state index contributed by atoms with van der Waals surface area (Å²) in [6.45, 7) is 2.51. The first kappa shape index (κ1) is 23.3. The van der Waals surface area contributed by atoms with E-state index >= 15 is 0 Å². The number of nitrogens with one attached hydrogen (secondary N) is 2. The minimum Gasteiger partial charge on any atom is -0.353 e. The summed E-state index contributed by atoms with van der Waals surface area (Å²) in [5.41, 5.74) is 1.63. The fourth-order valence-electron chi connectivity index (χ4n) is 4.50. The van der Waals surface area contributed by atoms with Crippen LogP contribution >= 0.6 is 22.9 Å². The van der Waals surface area contributed by atoms with Crippen molar-refractivity contribution in [2.24, 2.45) is 0 Å². The molecular weight excluding hydrogens is 498 g/mol. The molecule has 5 rings (SSSR count). The van der Waals surface area contributed by atoms with Crippen molar-refractivity contribution in [1.82, 2.24) is 24.5 Å². The van der Waals surface area contributed by atoms with Crippen LogP contribution in [0.1, 0.15) is 33.7 Å². The number of fused-ring (bicyclic) bond motifs is 2. The largest absolute Gasteiger partial charge is 0.353 e. The highest BCUT2D eigenvalue weighted by Gasteiger charge is 2.33. The number of hydrogen-bond acceptors (Lipinski definition) is 6. The third-order valence-corrected chi connectivity index (χ3v) is 9.40. The molecule has 3 heterocycles. The van der Waals surface area contributed by atoms with Crippen molar-refractivity contribution in [3.8, 4) is 0 Å². The van der Waals surface area contributed by atoms with Gasteiger partial charge in [-0.3, -0.25) is 9.59 Å². The molecule has 1 aliphatic heterocycles. The number of hydrogen-bond donors (Lipinski definition) is 2. The third-order valence-electron chi connectivity index (χ3n) is 6.23. The number of H-pyrrole nitrogens is 1. The molecule has 9 nitrogen and oxygen atoms in total. The summed E-state index contributed by atoms with van der Waals surface area (Å²) in [6.07, 6.45) is 2.22. The Balaban J connectivity index is 1.25. The number of halogens is 1. The lowest BCUT2D eigenvalue weighted by molar-refractivity contribution is -0.119. The molecule has 34 heavy (non-hydrogen) atoms. The fraction of sp³-hybridized carbons (Fsp3) is 0.409. The first-order valence-corrected chi connectivity index (χ1v) is 13.7. The van der Waals surface area contributed by atoms with Crippen molar-refractivity contribution in [3.63, 3.8) is 0 Å².